The zero-order valence-electron chi connectivity index (χ0n) is 15.7. The maximum atomic E-state index is 13.1. The molecule has 25 heavy (non-hydrogen) atoms. The lowest BCUT2D eigenvalue weighted by Gasteiger charge is -2.46. The maximum absolute atomic E-state index is 13.1. The molecule has 1 unspecified atom stereocenters. The van der Waals surface area contributed by atoms with Crippen molar-refractivity contribution < 1.29 is 19.0 Å². The van der Waals surface area contributed by atoms with Crippen LogP contribution in [0, 0.1) is 0 Å². The van der Waals surface area contributed by atoms with Crippen molar-refractivity contribution in [1.29, 1.82) is 0 Å². The van der Waals surface area contributed by atoms with Crippen LogP contribution in [0.3, 0.4) is 0 Å². The first-order valence-electron chi connectivity index (χ1n) is 9.25. The van der Waals surface area contributed by atoms with Crippen LogP contribution in [-0.2, 0) is 14.3 Å². The number of ether oxygens (including phenoxy) is 3. The van der Waals surface area contributed by atoms with E-state index in [0.717, 1.165) is 24.3 Å². The summed E-state index contributed by atoms with van der Waals surface area (Å²) in [6.07, 6.45) is 1.63. The van der Waals surface area contributed by atoms with Crippen molar-refractivity contribution in [2.75, 3.05) is 24.7 Å². The van der Waals surface area contributed by atoms with Crippen molar-refractivity contribution in [3.63, 3.8) is 0 Å². The second kappa shape index (κ2) is 7.34. The Morgan fingerprint density at radius 3 is 2.72 bits per heavy atom. The van der Waals surface area contributed by atoms with Crippen LogP contribution in [0.15, 0.2) is 18.2 Å². The molecule has 2 aliphatic heterocycles. The summed E-state index contributed by atoms with van der Waals surface area (Å²) in [4.78, 5) is 15.0. The van der Waals surface area contributed by atoms with Crippen molar-refractivity contribution in [2.24, 2.45) is 0 Å². The molecule has 0 bridgehead atoms. The quantitative estimate of drug-likeness (QED) is 0.830. The Hall–Kier alpha value is -1.59. The maximum Gasteiger partial charge on any atom is 0.232 e. The Kier molecular flexibility index (Phi) is 5.35. The fourth-order valence-corrected chi connectivity index (χ4v) is 4.02. The van der Waals surface area contributed by atoms with E-state index in [0.29, 0.717) is 25.7 Å². The molecular weight excluding hydrogens is 318 g/mol. The van der Waals surface area contributed by atoms with Gasteiger partial charge in [0.15, 0.2) is 6.29 Å². The smallest absolute Gasteiger partial charge is 0.232 e. The number of benzene rings is 1. The largest absolute Gasteiger partial charge is 0.494 e. The van der Waals surface area contributed by atoms with Crippen LogP contribution < -0.4 is 9.64 Å². The van der Waals surface area contributed by atoms with Crippen molar-refractivity contribution in [3.05, 3.63) is 23.8 Å². The van der Waals surface area contributed by atoms with Gasteiger partial charge in [-0.1, -0.05) is 6.92 Å². The lowest BCUT2D eigenvalue weighted by atomic mass is 9.79. The summed E-state index contributed by atoms with van der Waals surface area (Å²) in [5, 5.41) is 0. The van der Waals surface area contributed by atoms with E-state index in [-0.39, 0.29) is 17.9 Å². The Labute approximate surface area is 150 Å². The predicted octanol–water partition coefficient (Wildman–Crippen LogP) is 3.86. The van der Waals surface area contributed by atoms with Gasteiger partial charge in [0.25, 0.3) is 0 Å². The molecule has 1 aromatic carbocycles. The highest BCUT2D eigenvalue weighted by molar-refractivity contribution is 5.96. The zero-order chi connectivity index (χ0) is 18.0. The SMILES string of the molecule is CCOc1ccc2c(c1)C(C)CC(C)(C)N2C(=O)CC1OCCCO1. The average Bonchev–Trinajstić information content (AvgIpc) is 2.56. The van der Waals surface area contributed by atoms with Gasteiger partial charge in [-0.25, -0.2) is 0 Å². The molecule has 5 heteroatoms. The number of anilines is 1. The normalized spacial score (nSPS) is 23.2. The summed E-state index contributed by atoms with van der Waals surface area (Å²) in [7, 11) is 0. The van der Waals surface area contributed by atoms with E-state index in [4.69, 9.17) is 14.2 Å². The van der Waals surface area contributed by atoms with Crippen molar-refractivity contribution in [2.45, 2.75) is 64.7 Å². The number of nitrogens with zero attached hydrogens (tertiary/aromatic N) is 1. The Bertz CT molecular complexity index is 622. The van der Waals surface area contributed by atoms with Crippen LogP contribution in [-0.4, -0.2) is 37.6 Å². The molecule has 0 radical (unpaired) electrons. The van der Waals surface area contributed by atoms with Gasteiger partial charge in [-0.15, -0.1) is 0 Å². The first-order chi connectivity index (χ1) is 11.9. The molecule has 2 heterocycles. The second-order valence-electron chi connectivity index (χ2n) is 7.53. The van der Waals surface area contributed by atoms with Crippen LogP contribution >= 0.6 is 0 Å². The highest BCUT2D eigenvalue weighted by atomic mass is 16.7. The first kappa shape index (κ1) is 18.2. The topological polar surface area (TPSA) is 48.0 Å². The number of amides is 1. The lowest BCUT2D eigenvalue weighted by Crippen LogP contribution is -2.52. The van der Waals surface area contributed by atoms with Gasteiger partial charge < -0.3 is 19.1 Å². The average molecular weight is 347 g/mol. The minimum atomic E-state index is -0.428. The molecule has 1 saturated heterocycles. The minimum absolute atomic E-state index is 0.0502. The van der Waals surface area contributed by atoms with Crippen LogP contribution in [0.4, 0.5) is 5.69 Å². The summed E-state index contributed by atoms with van der Waals surface area (Å²) in [6.45, 7) is 10.4. The van der Waals surface area contributed by atoms with E-state index in [2.05, 4.69) is 26.8 Å². The molecule has 138 valence electrons. The van der Waals surface area contributed by atoms with Crippen LogP contribution in [0.2, 0.25) is 0 Å². The van der Waals surface area contributed by atoms with Crippen molar-refractivity contribution in [3.8, 4) is 5.75 Å². The minimum Gasteiger partial charge on any atom is -0.494 e. The molecule has 0 aliphatic carbocycles. The van der Waals surface area contributed by atoms with Gasteiger partial charge in [0.1, 0.15) is 5.75 Å². The van der Waals surface area contributed by atoms with Crippen LogP contribution in [0.25, 0.3) is 0 Å². The monoisotopic (exact) mass is 347 g/mol. The summed E-state index contributed by atoms with van der Waals surface area (Å²) in [5.74, 6) is 1.28. The van der Waals surface area contributed by atoms with Gasteiger partial charge >= 0.3 is 0 Å². The molecule has 5 nitrogen and oxygen atoms in total. The third-order valence-corrected chi connectivity index (χ3v) is 4.98. The molecule has 1 aromatic rings. The number of rotatable bonds is 4. The van der Waals surface area contributed by atoms with Gasteiger partial charge in [-0.2, -0.15) is 0 Å². The molecule has 0 N–H and O–H groups in total. The van der Waals surface area contributed by atoms with Gasteiger partial charge in [0.05, 0.1) is 26.2 Å². The number of carbonyl (C=O) groups is 1. The number of carbonyl (C=O) groups excluding carboxylic acids is 1. The molecule has 0 spiro atoms. The van der Waals surface area contributed by atoms with Gasteiger partial charge in [-0.3, -0.25) is 4.79 Å². The molecule has 0 aromatic heterocycles. The number of hydrogen-bond donors (Lipinski definition) is 0. The summed E-state index contributed by atoms with van der Waals surface area (Å²) in [6, 6.07) is 6.04. The van der Waals surface area contributed by atoms with Crippen molar-refractivity contribution in [1.82, 2.24) is 0 Å². The predicted molar refractivity (Wildman–Crippen MR) is 97.1 cm³/mol. The third-order valence-electron chi connectivity index (χ3n) is 4.98. The Balaban J connectivity index is 1.88. The van der Waals surface area contributed by atoms with Gasteiger partial charge in [-0.05, 0) is 63.3 Å². The van der Waals surface area contributed by atoms with E-state index in [1.807, 2.05) is 24.0 Å². The fraction of sp³-hybridized carbons (Fsp3) is 0.650. The second-order valence-corrected chi connectivity index (χ2v) is 7.53. The zero-order valence-corrected chi connectivity index (χ0v) is 15.7. The number of hydrogen-bond acceptors (Lipinski definition) is 4. The Morgan fingerprint density at radius 2 is 2.04 bits per heavy atom. The van der Waals surface area contributed by atoms with Crippen LogP contribution in [0.5, 0.6) is 5.75 Å². The summed E-state index contributed by atoms with van der Waals surface area (Å²) >= 11 is 0. The molecule has 0 saturated carbocycles. The van der Waals surface area contributed by atoms with E-state index < -0.39 is 6.29 Å². The van der Waals surface area contributed by atoms with E-state index >= 15 is 0 Å². The lowest BCUT2D eigenvalue weighted by molar-refractivity contribution is -0.183. The van der Waals surface area contributed by atoms with Gasteiger partial charge in [0.2, 0.25) is 5.91 Å². The molecule has 2 aliphatic rings. The van der Waals surface area contributed by atoms with E-state index in [1.54, 1.807) is 0 Å². The molecule has 1 amide bonds. The highest BCUT2D eigenvalue weighted by Gasteiger charge is 2.40. The molecule has 1 atom stereocenters. The molecule has 1 fully saturated rings. The fourth-order valence-electron chi connectivity index (χ4n) is 4.02. The van der Waals surface area contributed by atoms with Crippen LogP contribution in [0.1, 0.15) is 58.4 Å². The summed E-state index contributed by atoms with van der Waals surface area (Å²) < 4.78 is 16.8. The van der Waals surface area contributed by atoms with Gasteiger partial charge in [0, 0.05) is 11.2 Å². The first-order valence-corrected chi connectivity index (χ1v) is 9.25. The number of fused-ring (bicyclic) bond motifs is 1. The third kappa shape index (κ3) is 3.82. The molecule has 3 rings (SSSR count). The Morgan fingerprint density at radius 1 is 1.32 bits per heavy atom. The molecular formula is C20H29NO4. The summed E-state index contributed by atoms with van der Waals surface area (Å²) in [5.41, 5.74) is 1.91. The van der Waals surface area contributed by atoms with Crippen molar-refractivity contribution >= 4 is 11.6 Å². The van der Waals surface area contributed by atoms with E-state index in [9.17, 15) is 4.79 Å². The van der Waals surface area contributed by atoms with E-state index in [1.165, 1.54) is 5.56 Å². The standard InChI is InChI=1S/C20H29NO4/c1-5-23-15-7-8-17-16(11-15)14(2)13-20(3,4)21(17)18(22)12-19-24-9-6-10-25-19/h7-8,11,14,19H,5-6,9-10,12-13H2,1-4H3. The highest BCUT2D eigenvalue weighted by Crippen LogP contribution is 2.45.